The Morgan fingerprint density at radius 3 is 2.74 bits per heavy atom. The maximum absolute atomic E-state index is 12.2. The predicted octanol–water partition coefficient (Wildman–Crippen LogP) is -0.329. The third-order valence-electron chi connectivity index (χ3n) is 4.13. The number of nitrogens with two attached hydrogens (primary N) is 1. The molecule has 0 spiro atoms. The molecule has 2 rings (SSSR count). The molecule has 2 aliphatic rings. The van der Waals surface area contributed by atoms with Crippen LogP contribution >= 0.6 is 0 Å². The van der Waals surface area contributed by atoms with E-state index in [1.54, 1.807) is 0 Å². The smallest absolute Gasteiger partial charge is 0.249 e. The molecular formula is C13H21N3O3. The lowest BCUT2D eigenvalue weighted by Crippen LogP contribution is -2.54. The third kappa shape index (κ3) is 3.32. The van der Waals surface area contributed by atoms with Crippen LogP contribution in [-0.4, -0.2) is 29.8 Å². The fourth-order valence-corrected chi connectivity index (χ4v) is 2.83. The zero-order chi connectivity index (χ0) is 14.0. The number of hydrogen-bond acceptors (Lipinski definition) is 4. The van der Waals surface area contributed by atoms with Crippen LogP contribution in [0.3, 0.4) is 0 Å². The Balaban J connectivity index is 1.93. The van der Waals surface area contributed by atoms with Gasteiger partial charge in [-0.2, -0.15) is 0 Å². The molecule has 6 nitrogen and oxygen atoms in total. The van der Waals surface area contributed by atoms with Crippen molar-refractivity contribution in [3.63, 3.8) is 0 Å². The largest absolute Gasteiger partial charge is 0.344 e. The Bertz CT molecular complexity index is 397. The number of carbonyl (C=O) groups is 3. The standard InChI is InChI=1S/C13H21N3O3/c1-7-2-3-8(14)6-9(7)12(18)15-10-4-5-11(17)16-13(10)19/h7-10H,2-6,14H2,1H3,(H,15,18)(H,16,17,19). The molecule has 0 aromatic rings. The molecular weight excluding hydrogens is 246 g/mol. The summed E-state index contributed by atoms with van der Waals surface area (Å²) in [6.45, 7) is 2.04. The molecule has 0 radical (unpaired) electrons. The molecule has 1 saturated carbocycles. The van der Waals surface area contributed by atoms with Gasteiger partial charge in [-0.05, 0) is 31.6 Å². The van der Waals surface area contributed by atoms with Gasteiger partial charge in [0.25, 0.3) is 0 Å². The lowest BCUT2D eigenvalue weighted by Gasteiger charge is -2.33. The molecule has 0 aromatic heterocycles. The summed E-state index contributed by atoms with van der Waals surface area (Å²) >= 11 is 0. The Kier molecular flexibility index (Phi) is 4.19. The monoisotopic (exact) mass is 267 g/mol. The maximum Gasteiger partial charge on any atom is 0.249 e. The van der Waals surface area contributed by atoms with Gasteiger partial charge in [0.15, 0.2) is 0 Å². The molecule has 6 heteroatoms. The van der Waals surface area contributed by atoms with Crippen LogP contribution in [0.2, 0.25) is 0 Å². The molecule has 1 heterocycles. The highest BCUT2D eigenvalue weighted by atomic mass is 16.2. The third-order valence-corrected chi connectivity index (χ3v) is 4.13. The highest BCUT2D eigenvalue weighted by Gasteiger charge is 2.34. The summed E-state index contributed by atoms with van der Waals surface area (Å²) < 4.78 is 0. The molecule has 106 valence electrons. The molecule has 4 unspecified atom stereocenters. The van der Waals surface area contributed by atoms with Gasteiger partial charge in [-0.25, -0.2) is 0 Å². The summed E-state index contributed by atoms with van der Waals surface area (Å²) in [5.74, 6) is -0.639. The van der Waals surface area contributed by atoms with E-state index < -0.39 is 11.9 Å². The van der Waals surface area contributed by atoms with Gasteiger partial charge in [-0.15, -0.1) is 0 Å². The summed E-state index contributed by atoms with van der Waals surface area (Å²) in [5.41, 5.74) is 5.90. The molecule has 4 atom stereocenters. The van der Waals surface area contributed by atoms with E-state index in [4.69, 9.17) is 5.73 Å². The number of amides is 3. The van der Waals surface area contributed by atoms with Crippen LogP contribution in [0.4, 0.5) is 0 Å². The SMILES string of the molecule is CC1CCC(N)CC1C(=O)NC1CCC(=O)NC1=O. The molecule has 1 aliphatic carbocycles. The topological polar surface area (TPSA) is 101 Å². The molecule has 0 aromatic carbocycles. The van der Waals surface area contributed by atoms with Crippen molar-refractivity contribution < 1.29 is 14.4 Å². The van der Waals surface area contributed by atoms with Crippen molar-refractivity contribution in [2.24, 2.45) is 17.6 Å². The van der Waals surface area contributed by atoms with Crippen molar-refractivity contribution in [2.45, 2.75) is 51.1 Å². The predicted molar refractivity (Wildman–Crippen MR) is 68.8 cm³/mol. The molecule has 3 amide bonds. The molecule has 1 saturated heterocycles. The van der Waals surface area contributed by atoms with Gasteiger partial charge in [0.1, 0.15) is 6.04 Å². The van der Waals surface area contributed by atoms with E-state index in [1.807, 2.05) is 6.92 Å². The lowest BCUT2D eigenvalue weighted by molar-refractivity contribution is -0.138. The first-order valence-corrected chi connectivity index (χ1v) is 6.87. The van der Waals surface area contributed by atoms with Gasteiger partial charge in [-0.1, -0.05) is 6.92 Å². The van der Waals surface area contributed by atoms with E-state index in [-0.39, 0.29) is 36.1 Å². The van der Waals surface area contributed by atoms with Crippen molar-refractivity contribution in [1.82, 2.24) is 10.6 Å². The van der Waals surface area contributed by atoms with E-state index >= 15 is 0 Å². The second kappa shape index (κ2) is 5.69. The van der Waals surface area contributed by atoms with E-state index in [2.05, 4.69) is 10.6 Å². The van der Waals surface area contributed by atoms with Crippen LogP contribution in [0, 0.1) is 11.8 Å². The number of nitrogens with one attached hydrogen (secondary N) is 2. The Morgan fingerprint density at radius 2 is 2.05 bits per heavy atom. The lowest BCUT2D eigenvalue weighted by atomic mass is 9.77. The van der Waals surface area contributed by atoms with Crippen LogP contribution in [0.25, 0.3) is 0 Å². The Labute approximate surface area is 112 Å². The van der Waals surface area contributed by atoms with Gasteiger partial charge in [0, 0.05) is 18.4 Å². The minimum atomic E-state index is -0.587. The summed E-state index contributed by atoms with van der Waals surface area (Å²) in [6, 6.07) is -0.524. The summed E-state index contributed by atoms with van der Waals surface area (Å²) in [6.07, 6.45) is 3.21. The zero-order valence-corrected chi connectivity index (χ0v) is 11.1. The molecule has 19 heavy (non-hydrogen) atoms. The van der Waals surface area contributed by atoms with Crippen LogP contribution < -0.4 is 16.4 Å². The van der Waals surface area contributed by atoms with E-state index in [1.165, 1.54) is 0 Å². The Hall–Kier alpha value is -1.43. The van der Waals surface area contributed by atoms with Crippen molar-refractivity contribution in [1.29, 1.82) is 0 Å². The average Bonchev–Trinajstić information content (AvgIpc) is 2.35. The molecule has 2 fully saturated rings. The molecule has 0 bridgehead atoms. The van der Waals surface area contributed by atoms with Gasteiger partial charge in [0.05, 0.1) is 0 Å². The Morgan fingerprint density at radius 1 is 1.32 bits per heavy atom. The highest BCUT2D eigenvalue weighted by Crippen LogP contribution is 2.29. The van der Waals surface area contributed by atoms with Crippen molar-refractivity contribution in [3.8, 4) is 0 Å². The minimum absolute atomic E-state index is 0.0636. The van der Waals surface area contributed by atoms with Gasteiger partial charge < -0.3 is 11.1 Å². The van der Waals surface area contributed by atoms with Gasteiger partial charge in [-0.3, -0.25) is 19.7 Å². The van der Waals surface area contributed by atoms with Crippen LogP contribution in [-0.2, 0) is 14.4 Å². The number of rotatable bonds is 2. The van der Waals surface area contributed by atoms with Crippen LogP contribution in [0.1, 0.15) is 39.0 Å². The number of carbonyl (C=O) groups excluding carboxylic acids is 3. The fourth-order valence-electron chi connectivity index (χ4n) is 2.83. The average molecular weight is 267 g/mol. The summed E-state index contributed by atoms with van der Waals surface area (Å²) in [5, 5.41) is 4.99. The van der Waals surface area contributed by atoms with Crippen molar-refractivity contribution >= 4 is 17.7 Å². The first-order valence-electron chi connectivity index (χ1n) is 6.87. The number of piperidine rings is 1. The van der Waals surface area contributed by atoms with E-state index in [9.17, 15) is 14.4 Å². The minimum Gasteiger partial charge on any atom is -0.344 e. The number of imide groups is 1. The second-order valence-electron chi connectivity index (χ2n) is 5.67. The van der Waals surface area contributed by atoms with Crippen LogP contribution in [0.5, 0.6) is 0 Å². The summed E-state index contributed by atoms with van der Waals surface area (Å²) in [4.78, 5) is 34.9. The fraction of sp³-hybridized carbons (Fsp3) is 0.769. The quantitative estimate of drug-likeness (QED) is 0.596. The van der Waals surface area contributed by atoms with Gasteiger partial charge in [0.2, 0.25) is 17.7 Å². The zero-order valence-electron chi connectivity index (χ0n) is 11.1. The second-order valence-corrected chi connectivity index (χ2v) is 5.67. The normalized spacial score (nSPS) is 35.7. The molecule has 1 aliphatic heterocycles. The van der Waals surface area contributed by atoms with Crippen LogP contribution in [0.15, 0.2) is 0 Å². The van der Waals surface area contributed by atoms with E-state index in [0.717, 1.165) is 12.8 Å². The highest BCUT2D eigenvalue weighted by molar-refractivity contribution is 6.01. The number of hydrogen-bond donors (Lipinski definition) is 3. The van der Waals surface area contributed by atoms with Crippen molar-refractivity contribution in [3.05, 3.63) is 0 Å². The maximum atomic E-state index is 12.2. The first kappa shape index (κ1) is 14.0. The first-order chi connectivity index (χ1) is 8.97. The molecule has 4 N–H and O–H groups in total. The van der Waals surface area contributed by atoms with Gasteiger partial charge >= 0.3 is 0 Å². The summed E-state index contributed by atoms with van der Waals surface area (Å²) in [7, 11) is 0. The van der Waals surface area contributed by atoms with E-state index in [0.29, 0.717) is 12.8 Å². The van der Waals surface area contributed by atoms with Crippen molar-refractivity contribution in [2.75, 3.05) is 0 Å².